The molecular formula is C18H20N2O5S. The summed E-state index contributed by atoms with van der Waals surface area (Å²) in [5.74, 6) is 0.329. The van der Waals surface area contributed by atoms with Gasteiger partial charge in [0.2, 0.25) is 5.91 Å². The third-order valence-electron chi connectivity index (χ3n) is 4.23. The summed E-state index contributed by atoms with van der Waals surface area (Å²) in [5, 5.41) is 12.8. The van der Waals surface area contributed by atoms with Crippen LogP contribution in [0.3, 0.4) is 0 Å². The minimum Gasteiger partial charge on any atom is -0.497 e. The van der Waals surface area contributed by atoms with Crippen LogP contribution >= 0.6 is 0 Å². The van der Waals surface area contributed by atoms with Crippen LogP contribution in [0.4, 0.5) is 11.4 Å². The molecule has 1 atom stereocenters. The summed E-state index contributed by atoms with van der Waals surface area (Å²) in [7, 11) is -2.28. The highest BCUT2D eigenvalue weighted by Gasteiger charge is 2.32. The van der Waals surface area contributed by atoms with E-state index in [1.807, 2.05) is 0 Å². The summed E-state index contributed by atoms with van der Waals surface area (Å²) < 4.78 is 32.6. The third-order valence-corrected chi connectivity index (χ3v) is 6.06. The fourth-order valence-electron chi connectivity index (χ4n) is 2.96. The van der Waals surface area contributed by atoms with E-state index < -0.39 is 16.1 Å². The molecule has 3 rings (SSSR count). The van der Waals surface area contributed by atoms with Gasteiger partial charge in [-0.05, 0) is 48.9 Å². The SMILES string of the molecule is COc1ccc2c(c1)C(O)CCN2S(=O)(=O)c1ccc(NC(C)=O)cc1. The van der Waals surface area contributed by atoms with E-state index in [1.54, 1.807) is 30.3 Å². The maximum Gasteiger partial charge on any atom is 0.264 e. The van der Waals surface area contributed by atoms with Crippen LogP contribution in [0.25, 0.3) is 0 Å². The van der Waals surface area contributed by atoms with E-state index in [1.165, 1.54) is 30.5 Å². The Bertz CT molecular complexity index is 925. The zero-order valence-corrected chi connectivity index (χ0v) is 15.3. The van der Waals surface area contributed by atoms with Gasteiger partial charge in [-0.2, -0.15) is 0 Å². The van der Waals surface area contributed by atoms with E-state index in [-0.39, 0.29) is 17.3 Å². The number of fused-ring (bicyclic) bond motifs is 1. The van der Waals surface area contributed by atoms with Crippen molar-refractivity contribution in [1.82, 2.24) is 0 Å². The van der Waals surface area contributed by atoms with Crippen molar-refractivity contribution in [2.24, 2.45) is 0 Å². The number of ether oxygens (including phenoxy) is 1. The quantitative estimate of drug-likeness (QED) is 0.853. The van der Waals surface area contributed by atoms with Crippen LogP contribution in [0, 0.1) is 0 Å². The van der Waals surface area contributed by atoms with Gasteiger partial charge in [-0.15, -0.1) is 0 Å². The molecule has 0 aliphatic carbocycles. The van der Waals surface area contributed by atoms with E-state index in [4.69, 9.17) is 4.74 Å². The zero-order chi connectivity index (χ0) is 18.9. The van der Waals surface area contributed by atoms with Crippen LogP contribution in [-0.2, 0) is 14.8 Å². The Labute approximate surface area is 152 Å². The van der Waals surface area contributed by atoms with E-state index >= 15 is 0 Å². The monoisotopic (exact) mass is 376 g/mol. The first kappa shape index (κ1) is 18.2. The highest BCUT2D eigenvalue weighted by molar-refractivity contribution is 7.92. The molecule has 2 N–H and O–H groups in total. The maximum atomic E-state index is 13.1. The van der Waals surface area contributed by atoms with Crippen LogP contribution in [0.15, 0.2) is 47.4 Å². The number of nitrogens with one attached hydrogen (secondary N) is 1. The summed E-state index contributed by atoms with van der Waals surface area (Å²) in [6.07, 6.45) is -0.447. The largest absolute Gasteiger partial charge is 0.497 e. The van der Waals surface area contributed by atoms with Gasteiger partial charge < -0.3 is 15.2 Å². The molecule has 2 aromatic rings. The number of aliphatic hydroxyl groups is 1. The summed E-state index contributed by atoms with van der Waals surface area (Å²) in [4.78, 5) is 11.2. The molecule has 1 heterocycles. The van der Waals surface area contributed by atoms with Crippen molar-refractivity contribution in [2.45, 2.75) is 24.3 Å². The number of methoxy groups -OCH3 is 1. The van der Waals surface area contributed by atoms with Gasteiger partial charge in [0, 0.05) is 24.7 Å². The van der Waals surface area contributed by atoms with Crippen molar-refractivity contribution in [3.8, 4) is 5.75 Å². The van der Waals surface area contributed by atoms with Crippen molar-refractivity contribution in [3.63, 3.8) is 0 Å². The number of rotatable bonds is 4. The normalized spacial score (nSPS) is 16.7. The third kappa shape index (κ3) is 3.38. The molecule has 0 spiro atoms. The van der Waals surface area contributed by atoms with E-state index in [0.29, 0.717) is 29.1 Å². The molecule has 0 fully saturated rings. The van der Waals surface area contributed by atoms with Gasteiger partial charge in [-0.1, -0.05) is 0 Å². The standard InChI is InChI=1S/C18H20N2O5S/c1-12(21)19-13-3-6-15(7-4-13)26(23,24)20-10-9-18(22)16-11-14(25-2)5-8-17(16)20/h3-8,11,18,22H,9-10H2,1-2H3,(H,19,21). The van der Waals surface area contributed by atoms with Crippen molar-refractivity contribution in [2.75, 3.05) is 23.3 Å². The van der Waals surface area contributed by atoms with Gasteiger partial charge in [0.05, 0.1) is 23.8 Å². The second-order valence-electron chi connectivity index (χ2n) is 6.01. The van der Waals surface area contributed by atoms with E-state index in [9.17, 15) is 18.3 Å². The van der Waals surface area contributed by atoms with Crippen LogP contribution in [-0.4, -0.2) is 33.1 Å². The molecule has 1 unspecified atom stereocenters. The van der Waals surface area contributed by atoms with Crippen molar-refractivity contribution < 1.29 is 23.1 Å². The summed E-state index contributed by atoms with van der Waals surface area (Å²) >= 11 is 0. The molecule has 0 bridgehead atoms. The summed E-state index contributed by atoms with van der Waals surface area (Å²) in [6.45, 7) is 1.56. The number of amides is 1. The smallest absolute Gasteiger partial charge is 0.264 e. The molecule has 1 aliphatic rings. The first-order valence-corrected chi connectivity index (χ1v) is 9.53. The molecule has 7 nitrogen and oxygen atoms in total. The minimum absolute atomic E-state index is 0.116. The van der Waals surface area contributed by atoms with Crippen LogP contribution in [0.2, 0.25) is 0 Å². The van der Waals surface area contributed by atoms with E-state index in [0.717, 1.165) is 0 Å². The number of sulfonamides is 1. The van der Waals surface area contributed by atoms with Gasteiger partial charge >= 0.3 is 0 Å². The number of carbonyl (C=O) groups is 1. The predicted molar refractivity (Wildman–Crippen MR) is 97.8 cm³/mol. The lowest BCUT2D eigenvalue weighted by molar-refractivity contribution is -0.114. The topological polar surface area (TPSA) is 95.9 Å². The van der Waals surface area contributed by atoms with Crippen LogP contribution in [0.1, 0.15) is 25.0 Å². The predicted octanol–water partition coefficient (Wildman–Crippen LogP) is 2.29. The van der Waals surface area contributed by atoms with Gasteiger partial charge in [-0.25, -0.2) is 8.42 Å². The summed E-state index contributed by atoms with van der Waals surface area (Å²) in [6, 6.07) is 11.0. The highest BCUT2D eigenvalue weighted by atomic mass is 32.2. The Balaban J connectivity index is 1.98. The van der Waals surface area contributed by atoms with Crippen molar-refractivity contribution in [1.29, 1.82) is 0 Å². The summed E-state index contributed by atoms with van der Waals surface area (Å²) in [5.41, 5.74) is 1.49. The molecule has 0 saturated carbocycles. The molecule has 138 valence electrons. The van der Waals surface area contributed by atoms with Gasteiger partial charge in [0.1, 0.15) is 5.75 Å². The van der Waals surface area contributed by atoms with Gasteiger partial charge in [-0.3, -0.25) is 9.10 Å². The molecule has 2 aromatic carbocycles. The highest BCUT2D eigenvalue weighted by Crippen LogP contribution is 2.39. The van der Waals surface area contributed by atoms with Crippen molar-refractivity contribution in [3.05, 3.63) is 48.0 Å². The molecule has 1 amide bonds. The second kappa shape index (κ2) is 6.97. The Morgan fingerprint density at radius 1 is 1.23 bits per heavy atom. The Morgan fingerprint density at radius 3 is 2.54 bits per heavy atom. The molecule has 1 aliphatic heterocycles. The van der Waals surface area contributed by atoms with E-state index in [2.05, 4.69) is 5.32 Å². The Morgan fingerprint density at radius 2 is 1.92 bits per heavy atom. The molecule has 26 heavy (non-hydrogen) atoms. The number of nitrogens with zero attached hydrogens (tertiary/aromatic N) is 1. The van der Waals surface area contributed by atoms with Crippen LogP contribution < -0.4 is 14.4 Å². The average Bonchev–Trinajstić information content (AvgIpc) is 2.61. The lowest BCUT2D eigenvalue weighted by Crippen LogP contribution is -2.36. The van der Waals surface area contributed by atoms with Crippen LogP contribution in [0.5, 0.6) is 5.75 Å². The number of anilines is 2. The van der Waals surface area contributed by atoms with Gasteiger partial charge in [0.25, 0.3) is 10.0 Å². The number of carbonyl (C=O) groups excluding carboxylic acids is 1. The maximum absolute atomic E-state index is 13.1. The molecule has 0 saturated heterocycles. The van der Waals surface area contributed by atoms with Gasteiger partial charge in [0.15, 0.2) is 0 Å². The molecule has 8 heteroatoms. The molecule has 0 aromatic heterocycles. The first-order valence-electron chi connectivity index (χ1n) is 8.09. The average molecular weight is 376 g/mol. The minimum atomic E-state index is -3.79. The Kier molecular flexibility index (Phi) is 4.88. The zero-order valence-electron chi connectivity index (χ0n) is 14.5. The second-order valence-corrected chi connectivity index (χ2v) is 7.87. The van der Waals surface area contributed by atoms with Crippen molar-refractivity contribution >= 4 is 27.3 Å². The first-order chi connectivity index (χ1) is 12.3. The lowest BCUT2D eigenvalue weighted by Gasteiger charge is -2.33. The Hall–Kier alpha value is -2.58. The number of aliphatic hydroxyl groups excluding tert-OH is 1. The fraction of sp³-hybridized carbons (Fsp3) is 0.278. The number of hydrogen-bond donors (Lipinski definition) is 2. The lowest BCUT2D eigenvalue weighted by atomic mass is 10.0. The fourth-order valence-corrected chi connectivity index (χ4v) is 4.46. The molecular weight excluding hydrogens is 356 g/mol. The number of benzene rings is 2. The number of hydrogen-bond acceptors (Lipinski definition) is 5. The molecule has 0 radical (unpaired) electrons.